The summed E-state index contributed by atoms with van der Waals surface area (Å²) in [5, 5.41) is 77.0. The first-order valence-electron chi connectivity index (χ1n) is 25.6. The highest BCUT2D eigenvalue weighted by atomic mass is 16.3. The number of likely N-dealkylation sites (N-methyl/N-ethyl adjacent to an activating group) is 4. The van der Waals surface area contributed by atoms with Gasteiger partial charge in [-0.1, -0.05) is 83.1 Å². The van der Waals surface area contributed by atoms with Gasteiger partial charge in [-0.3, -0.25) is 24.0 Å². The number of anilines is 2. The number of hydrogen-bond acceptors (Lipinski definition) is 16. The number of rotatable bonds is 19. The van der Waals surface area contributed by atoms with Gasteiger partial charge in [-0.2, -0.15) is 0 Å². The van der Waals surface area contributed by atoms with Gasteiger partial charge in [-0.05, 0) is 89.0 Å². The first kappa shape index (κ1) is 83.1. The predicted molar refractivity (Wildman–Crippen MR) is 301 cm³/mol. The number of aliphatic hydroxyl groups is 8. The molecule has 0 fully saturated rings. The van der Waals surface area contributed by atoms with Crippen LogP contribution in [0.1, 0.15) is 158 Å². The molecular weight excluding hydrogens is 957 g/mol. The molecule has 0 bridgehead atoms. The second kappa shape index (κ2) is 49.0. The van der Waals surface area contributed by atoms with Gasteiger partial charge in [-0.15, -0.1) is 0 Å². The third-order valence-electron chi connectivity index (χ3n) is 9.93. The molecule has 0 aliphatic rings. The lowest BCUT2D eigenvalue weighted by atomic mass is 9.89. The monoisotopic (exact) mass is 1060 g/mol. The molecule has 0 saturated carbocycles. The molecule has 74 heavy (non-hydrogen) atoms. The Labute approximate surface area is 445 Å². The van der Waals surface area contributed by atoms with E-state index in [2.05, 4.69) is 10.6 Å². The van der Waals surface area contributed by atoms with Crippen molar-refractivity contribution in [3.05, 3.63) is 55.6 Å². The summed E-state index contributed by atoms with van der Waals surface area (Å²) in [6, 6.07) is 0. The zero-order chi connectivity index (χ0) is 60.3. The number of carbonyl (C=O) groups is 6. The average molecular weight is 1060 g/mol. The lowest BCUT2D eigenvalue weighted by Gasteiger charge is -2.28. The van der Waals surface area contributed by atoms with Gasteiger partial charge in [0.1, 0.15) is 6.10 Å². The second-order valence-corrected chi connectivity index (χ2v) is 15.1. The molecule has 4 amide bonds. The molecule has 10 N–H and O–H groups in total. The Morgan fingerprint density at radius 3 is 1.12 bits per heavy atom. The molecule has 0 aliphatic heterocycles. The summed E-state index contributed by atoms with van der Waals surface area (Å²) in [7, 11) is 9.95. The number of nitrogens with zero attached hydrogens (tertiary/aromatic N) is 4. The summed E-state index contributed by atoms with van der Waals surface area (Å²) in [5.74, 6) is -2.37. The van der Waals surface area contributed by atoms with E-state index in [-0.39, 0.29) is 55.2 Å². The summed E-state index contributed by atoms with van der Waals surface area (Å²) < 4.78 is 0. The molecule has 4 unspecified atom stereocenters. The maximum atomic E-state index is 14.0. The summed E-state index contributed by atoms with van der Waals surface area (Å²) >= 11 is 0. The Bertz CT molecular complexity index is 1860. The Morgan fingerprint density at radius 1 is 0.486 bits per heavy atom. The van der Waals surface area contributed by atoms with Gasteiger partial charge in [0, 0.05) is 88.0 Å². The highest BCUT2D eigenvalue weighted by molar-refractivity contribution is 6.08. The van der Waals surface area contributed by atoms with Gasteiger partial charge in [0.05, 0.1) is 38.6 Å². The number of hydrogen-bond donors (Lipinski definition) is 10. The molecular formula is C54H104N6O14. The van der Waals surface area contributed by atoms with Crippen molar-refractivity contribution in [2.75, 3.05) is 106 Å². The molecule has 0 saturated heterocycles. The minimum Gasteiger partial charge on any atom is -0.394 e. The minimum absolute atomic E-state index is 0.0720. The molecule has 0 aromatic heterocycles. The first-order valence-corrected chi connectivity index (χ1v) is 25.6. The van der Waals surface area contributed by atoms with E-state index < -0.39 is 62.0 Å². The zero-order valence-electron chi connectivity index (χ0n) is 49.9. The average Bonchev–Trinajstić information content (AvgIpc) is 3.41. The molecule has 2 aromatic carbocycles. The summed E-state index contributed by atoms with van der Waals surface area (Å²) in [6.07, 6.45) is -3.74. The Hall–Kier alpha value is -4.90. The van der Waals surface area contributed by atoms with E-state index in [0.717, 1.165) is 11.8 Å². The molecule has 20 nitrogen and oxygen atoms in total. The summed E-state index contributed by atoms with van der Waals surface area (Å²) in [5.41, 5.74) is 4.67. The third kappa shape index (κ3) is 28.1. The molecule has 434 valence electrons. The van der Waals surface area contributed by atoms with E-state index >= 15 is 0 Å². The fourth-order valence-electron chi connectivity index (χ4n) is 6.50. The van der Waals surface area contributed by atoms with Crippen LogP contribution in [0.4, 0.5) is 11.4 Å². The highest BCUT2D eigenvalue weighted by Gasteiger charge is 2.31. The molecule has 2 aromatic rings. The molecule has 0 aliphatic carbocycles. The lowest BCUT2D eigenvalue weighted by Crippen LogP contribution is -2.39. The van der Waals surface area contributed by atoms with Crippen LogP contribution < -0.4 is 10.6 Å². The van der Waals surface area contributed by atoms with Gasteiger partial charge in [0.2, 0.25) is 0 Å². The zero-order valence-corrected chi connectivity index (χ0v) is 49.9. The van der Waals surface area contributed by atoms with Gasteiger partial charge in [0.25, 0.3) is 23.6 Å². The van der Waals surface area contributed by atoms with E-state index in [0.29, 0.717) is 51.2 Å². The van der Waals surface area contributed by atoms with Crippen LogP contribution in [0.3, 0.4) is 0 Å². The van der Waals surface area contributed by atoms with Crippen LogP contribution in [0.25, 0.3) is 0 Å². The van der Waals surface area contributed by atoms with Crippen LogP contribution in [0.5, 0.6) is 0 Å². The van der Waals surface area contributed by atoms with Gasteiger partial charge < -0.3 is 75.9 Å². The van der Waals surface area contributed by atoms with E-state index in [4.69, 9.17) is 20.4 Å². The van der Waals surface area contributed by atoms with Crippen molar-refractivity contribution in [2.24, 2.45) is 0 Å². The number of aliphatic hydroxyl groups excluding tert-OH is 8. The van der Waals surface area contributed by atoms with Crippen molar-refractivity contribution in [1.82, 2.24) is 19.6 Å². The fraction of sp³-hybridized carbons (Fsp3) is 0.667. The highest BCUT2D eigenvalue weighted by Crippen LogP contribution is 2.34. The van der Waals surface area contributed by atoms with Crippen LogP contribution in [0, 0.1) is 41.5 Å². The number of benzene rings is 2. The van der Waals surface area contributed by atoms with Gasteiger partial charge in [-0.25, -0.2) is 0 Å². The second-order valence-electron chi connectivity index (χ2n) is 15.1. The van der Waals surface area contributed by atoms with Crippen LogP contribution in [0.15, 0.2) is 0 Å². The van der Waals surface area contributed by atoms with Crippen molar-refractivity contribution in [3.63, 3.8) is 0 Å². The van der Waals surface area contributed by atoms with Crippen LogP contribution in [-0.2, 0) is 9.59 Å². The van der Waals surface area contributed by atoms with Crippen molar-refractivity contribution in [3.8, 4) is 0 Å². The van der Waals surface area contributed by atoms with Crippen molar-refractivity contribution in [2.45, 2.75) is 149 Å². The first-order chi connectivity index (χ1) is 34.9. The Morgan fingerprint density at radius 2 is 0.838 bits per heavy atom. The van der Waals surface area contributed by atoms with Crippen molar-refractivity contribution in [1.29, 1.82) is 0 Å². The molecule has 0 heterocycles. The van der Waals surface area contributed by atoms with E-state index in [1.54, 1.807) is 48.7 Å². The number of aldehydes is 2. The summed E-state index contributed by atoms with van der Waals surface area (Å²) in [6.45, 7) is 32.5. The molecule has 0 spiro atoms. The number of nitrogens with one attached hydrogen (secondary N) is 2. The van der Waals surface area contributed by atoms with Crippen molar-refractivity contribution < 1.29 is 69.6 Å². The van der Waals surface area contributed by atoms with E-state index in [1.165, 1.54) is 28.8 Å². The topological polar surface area (TPSA) is 301 Å². The smallest absolute Gasteiger partial charge is 0.255 e. The number of carbonyl (C=O) groups excluding carboxylic acids is 6. The quantitative estimate of drug-likeness (QED) is 0.0864. The van der Waals surface area contributed by atoms with Crippen LogP contribution in [0.2, 0.25) is 0 Å². The molecule has 4 atom stereocenters. The summed E-state index contributed by atoms with van der Waals surface area (Å²) in [4.78, 5) is 81.0. The van der Waals surface area contributed by atoms with Crippen LogP contribution in [-0.4, -0.2) is 216 Å². The predicted octanol–water partition coefficient (Wildman–Crippen LogP) is 4.55. The standard InChI is InChI=1S/C34H49N5O9.C5H13NO2.C3H6O3.6C2H6/c1-17-24(15-41)18(2)29(35-7)20(4)26(17)32(46)37(8)11-12-38(9)33(47)27-19(3)28(34(48)39(10)13-23(43)14-40)22(6)30(21(27)5)36-31(45)25(44)16-42;1-6(2)3-5(8)4-7;4-1-3(6)2-5;6*1-2/h15,23,25,35,40,42-44H,11-14,16H2,1-10H3,(H,36,45);5,7-8H,3-4H2,1-2H3;1,3,5-6H,2H2;6*1-2H3. The fourth-order valence-corrected chi connectivity index (χ4v) is 6.50. The third-order valence-corrected chi connectivity index (χ3v) is 9.93. The van der Waals surface area contributed by atoms with Crippen LogP contribution >= 0.6 is 0 Å². The Kier molecular flexibility index (Phi) is 55.0. The SMILES string of the molecule is CC.CC.CC.CC.CC.CC.CN(C)CC(O)CO.CNc1c(C)c(C=O)c(C)c(C(=O)N(C)CCN(C)C(=O)c2c(C)c(NC(=O)C(O)CO)c(C)c(C(=O)N(C)CC(O)CO)c2C)c1C.O=CC(O)CO. The molecule has 2 rings (SSSR count). The number of amides is 4. The lowest BCUT2D eigenvalue weighted by molar-refractivity contribution is -0.125. The molecule has 0 radical (unpaired) electrons. The minimum atomic E-state index is -1.76. The van der Waals surface area contributed by atoms with Crippen molar-refractivity contribution >= 4 is 47.6 Å². The van der Waals surface area contributed by atoms with E-state index in [1.807, 2.05) is 109 Å². The Balaban J connectivity index is -0.000000288. The maximum Gasteiger partial charge on any atom is 0.255 e. The maximum absolute atomic E-state index is 14.0. The van der Waals surface area contributed by atoms with E-state index in [9.17, 15) is 49.2 Å². The largest absolute Gasteiger partial charge is 0.394 e. The van der Waals surface area contributed by atoms with Gasteiger partial charge in [0.15, 0.2) is 18.7 Å². The molecule has 20 heteroatoms. The van der Waals surface area contributed by atoms with Gasteiger partial charge >= 0.3 is 0 Å². The normalized spacial score (nSPS) is 11.1.